The molecule has 0 bridgehead atoms. The van der Waals surface area contributed by atoms with Gasteiger partial charge in [-0.1, -0.05) is 42.5 Å². The van der Waals surface area contributed by atoms with E-state index in [1.54, 1.807) is 7.11 Å². The van der Waals surface area contributed by atoms with Crippen LogP contribution in [0.1, 0.15) is 5.56 Å². The first-order valence-electron chi connectivity index (χ1n) is 5.29. The topological polar surface area (TPSA) is 35.2 Å². The van der Waals surface area contributed by atoms with Crippen molar-refractivity contribution in [1.29, 1.82) is 0 Å². The van der Waals surface area contributed by atoms with Crippen LogP contribution in [-0.4, -0.2) is 13.7 Å². The maximum absolute atomic E-state index is 5.48. The third-order valence-corrected chi connectivity index (χ3v) is 2.57. The molecule has 0 unspecified atom stereocenters. The molecule has 0 aliphatic carbocycles. The van der Waals surface area contributed by atoms with Crippen LogP contribution in [-0.2, 0) is 0 Å². The fraction of sp³-hybridized carbons (Fsp3) is 0.143. The van der Waals surface area contributed by atoms with Gasteiger partial charge in [-0.25, -0.2) is 0 Å². The Balaban J connectivity index is 2.68. The molecule has 2 nitrogen and oxygen atoms in total. The molecular formula is C14H15NO. The van der Waals surface area contributed by atoms with Crippen LogP contribution in [0.25, 0.3) is 16.8 Å². The van der Waals surface area contributed by atoms with Crippen LogP contribution in [0.2, 0.25) is 0 Å². The van der Waals surface area contributed by atoms with E-state index in [9.17, 15) is 0 Å². The summed E-state index contributed by atoms with van der Waals surface area (Å²) in [6, 6.07) is 12.3. The van der Waals surface area contributed by atoms with Crippen molar-refractivity contribution >= 4 is 16.8 Å². The molecule has 82 valence electrons. The molecule has 0 heterocycles. The molecule has 0 saturated heterocycles. The molecule has 0 spiro atoms. The Labute approximate surface area is 95.3 Å². The molecule has 0 aliphatic rings. The van der Waals surface area contributed by atoms with Gasteiger partial charge < -0.3 is 10.5 Å². The number of hydrogen-bond donors (Lipinski definition) is 1. The number of fused-ring (bicyclic) bond motifs is 1. The first-order chi connectivity index (χ1) is 7.86. The average Bonchev–Trinajstić information content (AvgIpc) is 2.35. The zero-order chi connectivity index (χ0) is 11.4. The Morgan fingerprint density at radius 1 is 1.19 bits per heavy atom. The lowest BCUT2D eigenvalue weighted by Crippen LogP contribution is -1.93. The molecule has 0 radical (unpaired) electrons. The highest BCUT2D eigenvalue weighted by Crippen LogP contribution is 2.28. The van der Waals surface area contributed by atoms with Gasteiger partial charge in [0.2, 0.25) is 0 Å². The lowest BCUT2D eigenvalue weighted by Gasteiger charge is -2.08. The van der Waals surface area contributed by atoms with Gasteiger partial charge in [-0.3, -0.25) is 0 Å². The van der Waals surface area contributed by atoms with E-state index in [0.717, 1.165) is 11.3 Å². The minimum Gasteiger partial charge on any atom is -0.496 e. The molecule has 16 heavy (non-hydrogen) atoms. The predicted octanol–water partition coefficient (Wildman–Crippen LogP) is 2.82. The van der Waals surface area contributed by atoms with Crippen LogP contribution >= 0.6 is 0 Å². The Bertz CT molecular complexity index is 517. The van der Waals surface area contributed by atoms with Gasteiger partial charge in [0.15, 0.2) is 0 Å². The Morgan fingerprint density at radius 3 is 2.75 bits per heavy atom. The largest absolute Gasteiger partial charge is 0.496 e. The second kappa shape index (κ2) is 4.81. The second-order valence-corrected chi connectivity index (χ2v) is 3.54. The molecule has 2 aromatic carbocycles. The fourth-order valence-electron chi connectivity index (χ4n) is 1.81. The summed E-state index contributed by atoms with van der Waals surface area (Å²) in [4.78, 5) is 0. The molecule has 0 saturated carbocycles. The summed E-state index contributed by atoms with van der Waals surface area (Å²) >= 11 is 0. The number of hydrogen-bond acceptors (Lipinski definition) is 2. The van der Waals surface area contributed by atoms with Crippen molar-refractivity contribution in [3.05, 3.63) is 48.0 Å². The van der Waals surface area contributed by atoms with Crippen molar-refractivity contribution in [2.24, 2.45) is 5.73 Å². The van der Waals surface area contributed by atoms with Gasteiger partial charge in [-0.15, -0.1) is 0 Å². The molecule has 0 aliphatic heterocycles. The molecule has 0 atom stereocenters. The van der Waals surface area contributed by atoms with Crippen LogP contribution in [0.5, 0.6) is 5.75 Å². The van der Waals surface area contributed by atoms with Crippen molar-refractivity contribution in [3.63, 3.8) is 0 Å². The predicted molar refractivity (Wildman–Crippen MR) is 68.6 cm³/mol. The van der Waals surface area contributed by atoms with Gasteiger partial charge in [0.05, 0.1) is 7.11 Å². The maximum atomic E-state index is 5.48. The third kappa shape index (κ3) is 1.92. The van der Waals surface area contributed by atoms with Crippen molar-refractivity contribution < 1.29 is 4.74 Å². The number of nitrogens with two attached hydrogens (primary N) is 1. The minimum absolute atomic E-state index is 0.534. The van der Waals surface area contributed by atoms with E-state index < -0.39 is 0 Å². The van der Waals surface area contributed by atoms with Gasteiger partial charge in [-0.05, 0) is 16.8 Å². The third-order valence-electron chi connectivity index (χ3n) is 2.57. The zero-order valence-electron chi connectivity index (χ0n) is 9.31. The highest BCUT2D eigenvalue weighted by Gasteiger charge is 2.04. The number of methoxy groups -OCH3 is 1. The summed E-state index contributed by atoms with van der Waals surface area (Å²) in [5, 5.41) is 2.39. The van der Waals surface area contributed by atoms with E-state index in [2.05, 4.69) is 18.2 Å². The molecule has 2 aromatic rings. The highest BCUT2D eigenvalue weighted by molar-refractivity contribution is 5.93. The lowest BCUT2D eigenvalue weighted by molar-refractivity contribution is 0.414. The van der Waals surface area contributed by atoms with Gasteiger partial charge in [-0.2, -0.15) is 0 Å². The second-order valence-electron chi connectivity index (χ2n) is 3.54. The molecule has 0 fully saturated rings. The molecule has 0 aromatic heterocycles. The summed E-state index contributed by atoms with van der Waals surface area (Å²) in [6.45, 7) is 0.534. The number of benzene rings is 2. The minimum atomic E-state index is 0.534. The first kappa shape index (κ1) is 10.7. The molecular weight excluding hydrogens is 198 g/mol. The van der Waals surface area contributed by atoms with E-state index in [1.165, 1.54) is 10.8 Å². The normalized spacial score (nSPS) is 11.1. The molecule has 2 rings (SSSR count). The van der Waals surface area contributed by atoms with E-state index in [4.69, 9.17) is 10.5 Å². The van der Waals surface area contributed by atoms with Gasteiger partial charge in [0, 0.05) is 12.1 Å². The maximum Gasteiger partial charge on any atom is 0.126 e. The van der Waals surface area contributed by atoms with E-state index in [1.807, 2.05) is 30.4 Å². The molecule has 0 amide bonds. The monoisotopic (exact) mass is 213 g/mol. The SMILES string of the molecule is COc1ccc2ccccc2c1C=CCN. The van der Waals surface area contributed by atoms with Crippen molar-refractivity contribution in [3.8, 4) is 5.75 Å². The van der Waals surface area contributed by atoms with Crippen molar-refractivity contribution in [2.45, 2.75) is 0 Å². The van der Waals surface area contributed by atoms with Gasteiger partial charge in [0.1, 0.15) is 5.75 Å². The van der Waals surface area contributed by atoms with Crippen LogP contribution in [0.15, 0.2) is 42.5 Å². The Hall–Kier alpha value is -1.80. The summed E-state index contributed by atoms with van der Waals surface area (Å²) in [7, 11) is 1.68. The summed E-state index contributed by atoms with van der Waals surface area (Å²) in [6.07, 6.45) is 3.95. The van der Waals surface area contributed by atoms with Crippen molar-refractivity contribution in [2.75, 3.05) is 13.7 Å². The lowest BCUT2D eigenvalue weighted by atomic mass is 10.0. The summed E-state index contributed by atoms with van der Waals surface area (Å²) < 4.78 is 5.36. The summed E-state index contributed by atoms with van der Waals surface area (Å²) in [5.41, 5.74) is 6.57. The van der Waals surface area contributed by atoms with Crippen LogP contribution in [0, 0.1) is 0 Å². The van der Waals surface area contributed by atoms with Gasteiger partial charge >= 0.3 is 0 Å². The Kier molecular flexibility index (Phi) is 3.22. The zero-order valence-corrected chi connectivity index (χ0v) is 9.31. The van der Waals surface area contributed by atoms with E-state index >= 15 is 0 Å². The quantitative estimate of drug-likeness (QED) is 0.850. The van der Waals surface area contributed by atoms with Crippen LogP contribution < -0.4 is 10.5 Å². The van der Waals surface area contributed by atoms with E-state index in [-0.39, 0.29) is 0 Å². The molecule has 2 N–H and O–H groups in total. The van der Waals surface area contributed by atoms with E-state index in [0.29, 0.717) is 6.54 Å². The average molecular weight is 213 g/mol. The first-order valence-corrected chi connectivity index (χ1v) is 5.29. The smallest absolute Gasteiger partial charge is 0.126 e. The Morgan fingerprint density at radius 2 is 2.00 bits per heavy atom. The highest BCUT2D eigenvalue weighted by atomic mass is 16.5. The number of ether oxygens (including phenoxy) is 1. The number of rotatable bonds is 3. The fourth-order valence-corrected chi connectivity index (χ4v) is 1.81. The van der Waals surface area contributed by atoms with Crippen LogP contribution in [0.4, 0.5) is 0 Å². The van der Waals surface area contributed by atoms with Gasteiger partial charge in [0.25, 0.3) is 0 Å². The van der Waals surface area contributed by atoms with Crippen LogP contribution in [0.3, 0.4) is 0 Å². The summed E-state index contributed by atoms with van der Waals surface area (Å²) in [5.74, 6) is 0.878. The standard InChI is InChI=1S/C14H15NO/c1-16-14-9-8-11-5-2-3-6-12(11)13(14)7-4-10-15/h2-9H,10,15H2,1H3. The van der Waals surface area contributed by atoms with Crippen molar-refractivity contribution in [1.82, 2.24) is 0 Å². The molecule has 2 heteroatoms.